The minimum absolute atomic E-state index is 0.106. The number of rotatable bonds is 12. The molecular formula is C37H46FN5O3. The molecule has 1 amide bonds. The number of ether oxygens (including phenoxy) is 2. The molecule has 244 valence electrons. The zero-order chi connectivity index (χ0) is 33.5. The lowest BCUT2D eigenvalue weighted by Crippen LogP contribution is -2.49. The minimum Gasteiger partial charge on any atom is -0.489 e. The fourth-order valence-electron chi connectivity index (χ4n) is 5.81. The van der Waals surface area contributed by atoms with Gasteiger partial charge in [0.05, 0.1) is 22.9 Å². The first-order valence-electron chi connectivity index (χ1n) is 15.8. The number of likely N-dealkylation sites (tertiary alicyclic amines) is 1. The summed E-state index contributed by atoms with van der Waals surface area (Å²) >= 11 is 0. The monoisotopic (exact) mass is 627 g/mol. The van der Waals surface area contributed by atoms with Crippen molar-refractivity contribution in [3.05, 3.63) is 94.3 Å². The number of aliphatic imine (C=N–C) groups is 1. The molecule has 0 spiro atoms. The van der Waals surface area contributed by atoms with E-state index >= 15 is 0 Å². The number of hydrogen-bond acceptors (Lipinski definition) is 7. The lowest BCUT2D eigenvalue weighted by Gasteiger charge is -2.33. The highest BCUT2D eigenvalue weighted by atomic mass is 19.1. The number of nitrogens with two attached hydrogens (primary N) is 1. The van der Waals surface area contributed by atoms with Crippen LogP contribution in [0, 0.1) is 24.1 Å². The number of hydrogen-bond donors (Lipinski definition) is 2. The van der Waals surface area contributed by atoms with Crippen molar-refractivity contribution >= 4 is 17.3 Å². The maximum atomic E-state index is 14.3. The van der Waals surface area contributed by atoms with E-state index in [0.29, 0.717) is 34.9 Å². The summed E-state index contributed by atoms with van der Waals surface area (Å²) in [5, 5.41) is 11.9. The van der Waals surface area contributed by atoms with Crippen molar-refractivity contribution in [1.82, 2.24) is 10.2 Å². The van der Waals surface area contributed by atoms with Crippen molar-refractivity contribution in [2.75, 3.05) is 26.2 Å². The molecule has 4 rings (SSSR count). The standard InChI is InChI=1S/C37H46FN5O3/c1-25-18-30(35(44)41-24-36(3,4)46-37(5,6)40)12-13-34(25)42-26(2)22-43-16-14-28(15-17-43)29-8-7-9-32(20-29)45-23-31-11-10-27(21-39)19-33(31)38/h7-13,18-20,28H,14-17,22-24,40H2,1-6H3,(H,41,44). The van der Waals surface area contributed by atoms with Gasteiger partial charge in [-0.05, 0) is 127 Å². The predicted octanol–water partition coefficient (Wildman–Crippen LogP) is 6.78. The molecule has 1 aliphatic rings. The molecule has 0 saturated carbocycles. The molecule has 9 heteroatoms. The average Bonchev–Trinajstić information content (AvgIpc) is 2.99. The van der Waals surface area contributed by atoms with Crippen LogP contribution in [0.3, 0.4) is 0 Å². The molecule has 1 fully saturated rings. The Morgan fingerprint density at radius 3 is 2.50 bits per heavy atom. The second-order valence-corrected chi connectivity index (χ2v) is 13.3. The van der Waals surface area contributed by atoms with Crippen LogP contribution >= 0.6 is 0 Å². The predicted molar refractivity (Wildman–Crippen MR) is 180 cm³/mol. The van der Waals surface area contributed by atoms with E-state index in [1.54, 1.807) is 32.0 Å². The van der Waals surface area contributed by atoms with Gasteiger partial charge in [-0.3, -0.25) is 14.7 Å². The summed E-state index contributed by atoms with van der Waals surface area (Å²) in [6.07, 6.45) is 2.04. The van der Waals surface area contributed by atoms with E-state index in [1.165, 1.54) is 11.6 Å². The van der Waals surface area contributed by atoms with Gasteiger partial charge in [0.1, 0.15) is 23.9 Å². The second-order valence-electron chi connectivity index (χ2n) is 13.3. The Kier molecular flexibility index (Phi) is 11.3. The van der Waals surface area contributed by atoms with Crippen LogP contribution in [0.5, 0.6) is 5.75 Å². The van der Waals surface area contributed by atoms with Crippen LogP contribution in [0.4, 0.5) is 10.1 Å². The minimum atomic E-state index is -0.793. The van der Waals surface area contributed by atoms with Gasteiger partial charge in [0.15, 0.2) is 0 Å². The lowest BCUT2D eigenvalue weighted by atomic mass is 9.89. The van der Waals surface area contributed by atoms with E-state index in [2.05, 4.69) is 22.3 Å². The molecule has 8 nitrogen and oxygen atoms in total. The zero-order valence-corrected chi connectivity index (χ0v) is 27.8. The molecular weight excluding hydrogens is 581 g/mol. The highest BCUT2D eigenvalue weighted by Crippen LogP contribution is 2.31. The molecule has 46 heavy (non-hydrogen) atoms. The number of carbonyl (C=O) groups excluding carboxylic acids is 1. The SMILES string of the molecule is CC(CN1CCC(c2cccc(OCc3ccc(C#N)cc3F)c2)CC1)=Nc1ccc(C(=O)NCC(C)(C)OC(C)(C)N)cc1C. The summed E-state index contributed by atoms with van der Waals surface area (Å²) in [7, 11) is 0. The number of piperidine rings is 1. The number of nitrogens with zero attached hydrogens (tertiary/aromatic N) is 3. The van der Waals surface area contributed by atoms with Gasteiger partial charge in [-0.25, -0.2) is 4.39 Å². The Hall–Kier alpha value is -4.10. The van der Waals surface area contributed by atoms with Crippen LogP contribution in [0.2, 0.25) is 0 Å². The van der Waals surface area contributed by atoms with Crippen LogP contribution in [-0.2, 0) is 11.3 Å². The summed E-state index contributed by atoms with van der Waals surface area (Å²) in [6.45, 7) is 14.5. The molecule has 1 aliphatic heterocycles. The quantitative estimate of drug-likeness (QED) is 0.169. The fraction of sp³-hybridized carbons (Fsp3) is 0.432. The number of amides is 1. The van der Waals surface area contributed by atoms with Gasteiger partial charge < -0.3 is 20.5 Å². The van der Waals surface area contributed by atoms with Gasteiger partial charge in [0.25, 0.3) is 5.91 Å². The van der Waals surface area contributed by atoms with Gasteiger partial charge in [0.2, 0.25) is 0 Å². The maximum Gasteiger partial charge on any atom is 0.251 e. The van der Waals surface area contributed by atoms with Crippen LogP contribution in [0.25, 0.3) is 0 Å². The molecule has 0 aromatic heterocycles. The second kappa shape index (κ2) is 15.0. The highest BCUT2D eigenvalue weighted by Gasteiger charge is 2.27. The molecule has 0 bridgehead atoms. The average molecular weight is 628 g/mol. The molecule has 3 aromatic rings. The van der Waals surface area contributed by atoms with E-state index in [-0.39, 0.29) is 12.5 Å². The van der Waals surface area contributed by atoms with Gasteiger partial charge >= 0.3 is 0 Å². The normalized spacial score (nSPS) is 15.0. The zero-order valence-electron chi connectivity index (χ0n) is 27.8. The molecule has 1 heterocycles. The van der Waals surface area contributed by atoms with Crippen molar-refractivity contribution < 1.29 is 18.7 Å². The van der Waals surface area contributed by atoms with Crippen molar-refractivity contribution in [2.45, 2.75) is 78.2 Å². The molecule has 0 unspecified atom stereocenters. The lowest BCUT2D eigenvalue weighted by molar-refractivity contribution is -0.116. The van der Waals surface area contributed by atoms with E-state index < -0.39 is 17.1 Å². The van der Waals surface area contributed by atoms with E-state index in [0.717, 1.165) is 49.4 Å². The summed E-state index contributed by atoms with van der Waals surface area (Å²) in [6, 6.07) is 20.0. The Balaban J connectivity index is 1.27. The summed E-state index contributed by atoms with van der Waals surface area (Å²) in [5.41, 5.74) is 9.91. The molecule has 3 aromatic carbocycles. The first-order chi connectivity index (χ1) is 21.7. The van der Waals surface area contributed by atoms with Gasteiger partial charge in [0, 0.05) is 29.9 Å². The van der Waals surface area contributed by atoms with Crippen LogP contribution < -0.4 is 15.8 Å². The summed E-state index contributed by atoms with van der Waals surface area (Å²) in [5.74, 6) is 0.528. The Morgan fingerprint density at radius 2 is 1.85 bits per heavy atom. The maximum absolute atomic E-state index is 14.3. The van der Waals surface area contributed by atoms with E-state index in [4.69, 9.17) is 25.5 Å². The molecule has 3 N–H and O–H groups in total. The van der Waals surface area contributed by atoms with Crippen molar-refractivity contribution in [2.24, 2.45) is 10.7 Å². The number of halogens is 1. The fourth-order valence-corrected chi connectivity index (χ4v) is 5.81. The van der Waals surface area contributed by atoms with Crippen molar-refractivity contribution in [3.63, 3.8) is 0 Å². The van der Waals surface area contributed by atoms with Crippen molar-refractivity contribution in [1.29, 1.82) is 5.26 Å². The molecule has 0 atom stereocenters. The Labute approximate surface area is 272 Å². The van der Waals surface area contributed by atoms with Gasteiger partial charge in [-0.15, -0.1) is 0 Å². The molecule has 0 aliphatic carbocycles. The van der Waals surface area contributed by atoms with Crippen LogP contribution in [0.15, 0.2) is 65.7 Å². The number of nitriles is 1. The third-order valence-corrected chi connectivity index (χ3v) is 7.93. The van der Waals surface area contributed by atoms with Gasteiger partial charge in [-0.2, -0.15) is 5.26 Å². The Morgan fingerprint density at radius 1 is 1.11 bits per heavy atom. The number of nitrogens with one attached hydrogen (secondary N) is 1. The number of aryl methyl sites for hydroxylation is 1. The van der Waals surface area contributed by atoms with E-state index in [9.17, 15) is 9.18 Å². The highest BCUT2D eigenvalue weighted by molar-refractivity contribution is 5.95. The molecule has 0 radical (unpaired) electrons. The van der Waals surface area contributed by atoms with Crippen LogP contribution in [-0.4, -0.2) is 54.0 Å². The Bertz CT molecular complexity index is 1600. The smallest absolute Gasteiger partial charge is 0.251 e. The summed E-state index contributed by atoms with van der Waals surface area (Å²) in [4.78, 5) is 20.1. The van der Waals surface area contributed by atoms with E-state index in [1.807, 2.05) is 58.0 Å². The number of benzene rings is 3. The van der Waals surface area contributed by atoms with Gasteiger partial charge in [-0.1, -0.05) is 18.2 Å². The topological polar surface area (TPSA) is 113 Å². The third-order valence-electron chi connectivity index (χ3n) is 7.93. The first-order valence-corrected chi connectivity index (χ1v) is 15.8. The first kappa shape index (κ1) is 34.8. The largest absolute Gasteiger partial charge is 0.489 e. The summed E-state index contributed by atoms with van der Waals surface area (Å²) < 4.78 is 26.0. The molecule has 1 saturated heterocycles. The van der Waals surface area contributed by atoms with Crippen LogP contribution in [0.1, 0.15) is 86.0 Å². The van der Waals surface area contributed by atoms with Crippen molar-refractivity contribution in [3.8, 4) is 11.8 Å². The third kappa shape index (κ3) is 10.2. The number of carbonyl (C=O) groups is 1.